The topological polar surface area (TPSA) is 45.2 Å². The molecule has 1 aromatic heterocycles. The molecule has 2 aromatic rings. The van der Waals surface area contributed by atoms with E-state index in [2.05, 4.69) is 15.2 Å². The van der Waals surface area contributed by atoms with E-state index in [0.717, 1.165) is 18.8 Å². The van der Waals surface area contributed by atoms with Crippen LogP contribution < -0.4 is 10.2 Å². The molecule has 20 heavy (non-hydrogen) atoms. The zero-order chi connectivity index (χ0) is 13.8. The highest BCUT2D eigenvalue weighted by molar-refractivity contribution is 6.07. The number of carbonyl (C=O) groups excluding carboxylic acids is 1. The maximum Gasteiger partial charge on any atom is 0.258 e. The molecule has 2 heterocycles. The lowest BCUT2D eigenvalue weighted by Crippen LogP contribution is -2.23. The minimum absolute atomic E-state index is 0.105. The number of rotatable bonds is 3. The Morgan fingerprint density at radius 2 is 1.80 bits per heavy atom. The fraction of sp³-hybridized carbons (Fsp3) is 0.250. The number of nitrogens with one attached hydrogen (secondary N) is 1. The Kier molecular flexibility index (Phi) is 3.63. The fourth-order valence-electron chi connectivity index (χ4n) is 2.52. The van der Waals surface area contributed by atoms with E-state index in [9.17, 15) is 4.79 Å². The molecule has 4 heteroatoms. The van der Waals surface area contributed by atoms with Gasteiger partial charge in [0.1, 0.15) is 5.82 Å². The van der Waals surface area contributed by atoms with E-state index < -0.39 is 0 Å². The molecule has 1 aliphatic rings. The number of aromatic nitrogens is 1. The fourth-order valence-corrected chi connectivity index (χ4v) is 2.52. The lowest BCUT2D eigenvalue weighted by Gasteiger charge is -2.20. The standard InChI is InChI=1S/C16H17N3O/c20-16(18-15-9-3-4-10-17-15)13-7-1-2-8-14(13)19-11-5-6-12-19/h1-4,7-10H,5-6,11-12H2,(H,17,18,20). The van der Waals surface area contributed by atoms with Crippen molar-refractivity contribution >= 4 is 17.4 Å². The monoisotopic (exact) mass is 267 g/mol. The van der Waals surface area contributed by atoms with Crippen molar-refractivity contribution in [3.05, 3.63) is 54.2 Å². The molecule has 0 saturated carbocycles. The number of benzene rings is 1. The van der Waals surface area contributed by atoms with Crippen molar-refractivity contribution in [2.24, 2.45) is 0 Å². The van der Waals surface area contributed by atoms with Crippen molar-refractivity contribution in [3.8, 4) is 0 Å². The molecule has 0 radical (unpaired) electrons. The second-order valence-electron chi connectivity index (χ2n) is 4.88. The summed E-state index contributed by atoms with van der Waals surface area (Å²) >= 11 is 0. The van der Waals surface area contributed by atoms with Gasteiger partial charge in [-0.3, -0.25) is 4.79 Å². The van der Waals surface area contributed by atoms with Gasteiger partial charge in [0.2, 0.25) is 0 Å². The van der Waals surface area contributed by atoms with Gasteiger partial charge in [0.25, 0.3) is 5.91 Å². The first-order valence-electron chi connectivity index (χ1n) is 6.91. The zero-order valence-electron chi connectivity index (χ0n) is 11.2. The number of nitrogens with zero attached hydrogens (tertiary/aromatic N) is 2. The zero-order valence-corrected chi connectivity index (χ0v) is 11.2. The van der Waals surface area contributed by atoms with Gasteiger partial charge in [0, 0.05) is 25.0 Å². The predicted molar refractivity (Wildman–Crippen MR) is 80.1 cm³/mol. The highest BCUT2D eigenvalue weighted by atomic mass is 16.1. The second kappa shape index (κ2) is 5.74. The molecule has 4 nitrogen and oxygen atoms in total. The summed E-state index contributed by atoms with van der Waals surface area (Å²) in [4.78, 5) is 18.8. The van der Waals surface area contributed by atoms with E-state index in [4.69, 9.17) is 0 Å². The quantitative estimate of drug-likeness (QED) is 0.930. The van der Waals surface area contributed by atoms with E-state index >= 15 is 0 Å². The molecule has 0 unspecified atom stereocenters. The summed E-state index contributed by atoms with van der Waals surface area (Å²) in [5.41, 5.74) is 1.72. The SMILES string of the molecule is O=C(Nc1ccccn1)c1ccccc1N1CCCC1. The van der Waals surface area contributed by atoms with Gasteiger partial charge in [-0.25, -0.2) is 4.98 Å². The third kappa shape index (κ3) is 2.64. The molecule has 1 saturated heterocycles. The lowest BCUT2D eigenvalue weighted by molar-refractivity contribution is 0.102. The van der Waals surface area contributed by atoms with Crippen LogP contribution in [-0.4, -0.2) is 24.0 Å². The Balaban J connectivity index is 1.84. The van der Waals surface area contributed by atoms with Crippen molar-refractivity contribution < 1.29 is 4.79 Å². The van der Waals surface area contributed by atoms with Crippen molar-refractivity contribution in [2.75, 3.05) is 23.3 Å². The Bertz CT molecular complexity index is 592. The van der Waals surface area contributed by atoms with Gasteiger partial charge in [-0.05, 0) is 37.1 Å². The lowest BCUT2D eigenvalue weighted by atomic mass is 10.1. The van der Waals surface area contributed by atoms with Gasteiger partial charge >= 0.3 is 0 Å². The van der Waals surface area contributed by atoms with Crippen LogP contribution in [0.25, 0.3) is 0 Å². The van der Waals surface area contributed by atoms with Gasteiger partial charge in [-0.2, -0.15) is 0 Å². The molecular weight excluding hydrogens is 250 g/mol. The summed E-state index contributed by atoms with van der Waals surface area (Å²) < 4.78 is 0. The van der Waals surface area contributed by atoms with Crippen LogP contribution in [0.2, 0.25) is 0 Å². The third-order valence-electron chi connectivity index (χ3n) is 3.50. The number of pyridine rings is 1. The molecule has 102 valence electrons. The van der Waals surface area contributed by atoms with Crippen LogP contribution >= 0.6 is 0 Å². The highest BCUT2D eigenvalue weighted by Crippen LogP contribution is 2.25. The summed E-state index contributed by atoms with van der Waals surface area (Å²) in [5, 5.41) is 2.85. The summed E-state index contributed by atoms with van der Waals surface area (Å²) in [6.07, 6.45) is 4.05. The molecule has 0 bridgehead atoms. The van der Waals surface area contributed by atoms with Crippen LogP contribution in [0.4, 0.5) is 11.5 Å². The van der Waals surface area contributed by atoms with Crippen molar-refractivity contribution in [2.45, 2.75) is 12.8 Å². The first-order valence-corrected chi connectivity index (χ1v) is 6.91. The van der Waals surface area contributed by atoms with Gasteiger partial charge in [0.15, 0.2) is 0 Å². The van der Waals surface area contributed by atoms with Gasteiger partial charge in [-0.1, -0.05) is 18.2 Å². The number of para-hydroxylation sites is 1. The third-order valence-corrected chi connectivity index (χ3v) is 3.50. The predicted octanol–water partition coefficient (Wildman–Crippen LogP) is 2.93. The smallest absolute Gasteiger partial charge is 0.258 e. The maximum atomic E-state index is 12.4. The molecule has 0 atom stereocenters. The van der Waals surface area contributed by atoms with E-state index in [1.54, 1.807) is 12.3 Å². The summed E-state index contributed by atoms with van der Waals surface area (Å²) in [5.74, 6) is 0.472. The van der Waals surface area contributed by atoms with Crippen LogP contribution in [0.5, 0.6) is 0 Å². The van der Waals surface area contributed by atoms with Crippen LogP contribution in [0.3, 0.4) is 0 Å². The number of hydrogen-bond donors (Lipinski definition) is 1. The second-order valence-corrected chi connectivity index (χ2v) is 4.88. The molecule has 0 aliphatic carbocycles. The van der Waals surface area contributed by atoms with Gasteiger partial charge in [-0.15, -0.1) is 0 Å². The Morgan fingerprint density at radius 1 is 1.05 bits per heavy atom. The summed E-state index contributed by atoms with van der Waals surface area (Å²) in [6, 6.07) is 13.2. The van der Waals surface area contributed by atoms with Crippen LogP contribution in [0, 0.1) is 0 Å². The minimum Gasteiger partial charge on any atom is -0.371 e. The molecule has 1 aliphatic heterocycles. The van der Waals surface area contributed by atoms with Crippen molar-refractivity contribution in [3.63, 3.8) is 0 Å². The summed E-state index contributed by atoms with van der Waals surface area (Å²) in [6.45, 7) is 2.04. The van der Waals surface area contributed by atoms with Crippen LogP contribution in [0.1, 0.15) is 23.2 Å². The summed E-state index contributed by atoms with van der Waals surface area (Å²) in [7, 11) is 0. The van der Waals surface area contributed by atoms with Crippen molar-refractivity contribution in [1.82, 2.24) is 4.98 Å². The molecule has 1 fully saturated rings. The van der Waals surface area contributed by atoms with Crippen LogP contribution in [0.15, 0.2) is 48.7 Å². The van der Waals surface area contributed by atoms with E-state index in [1.165, 1.54) is 12.8 Å². The average Bonchev–Trinajstić information content (AvgIpc) is 3.02. The molecule has 1 amide bonds. The molecule has 1 N–H and O–H groups in total. The first kappa shape index (κ1) is 12.7. The number of hydrogen-bond acceptors (Lipinski definition) is 3. The molecule has 1 aromatic carbocycles. The Labute approximate surface area is 118 Å². The van der Waals surface area contributed by atoms with E-state index in [0.29, 0.717) is 11.4 Å². The normalized spacial score (nSPS) is 14.3. The van der Waals surface area contributed by atoms with Gasteiger partial charge in [0.05, 0.1) is 5.56 Å². The molecular formula is C16H17N3O. The molecule has 3 rings (SSSR count). The maximum absolute atomic E-state index is 12.4. The number of amides is 1. The Hall–Kier alpha value is -2.36. The highest BCUT2D eigenvalue weighted by Gasteiger charge is 2.19. The number of anilines is 2. The average molecular weight is 267 g/mol. The van der Waals surface area contributed by atoms with E-state index in [1.807, 2.05) is 36.4 Å². The van der Waals surface area contributed by atoms with Gasteiger partial charge < -0.3 is 10.2 Å². The Morgan fingerprint density at radius 3 is 2.55 bits per heavy atom. The largest absolute Gasteiger partial charge is 0.371 e. The van der Waals surface area contributed by atoms with Crippen molar-refractivity contribution in [1.29, 1.82) is 0 Å². The number of carbonyl (C=O) groups is 1. The first-order chi connectivity index (χ1) is 9.84. The van der Waals surface area contributed by atoms with E-state index in [-0.39, 0.29) is 5.91 Å². The molecule has 0 spiro atoms. The van der Waals surface area contributed by atoms with Crippen LogP contribution in [-0.2, 0) is 0 Å². The minimum atomic E-state index is -0.105.